The Hall–Kier alpha value is 0.537. The smallest absolute Gasteiger partial charge is 1.00 e. The average molecular weight is 304 g/mol. The fourth-order valence-corrected chi connectivity index (χ4v) is 1.38. The quantitative estimate of drug-likeness (QED) is 0.250. The molecule has 0 heterocycles. The van der Waals surface area contributed by atoms with Crippen molar-refractivity contribution in [2.75, 3.05) is 0 Å². The van der Waals surface area contributed by atoms with E-state index in [1.807, 2.05) is 0 Å². The molecule has 2 N–H and O–H groups in total. The molecule has 1 atom stereocenters. The summed E-state index contributed by atoms with van der Waals surface area (Å²) in [7, 11) is 0. The van der Waals surface area contributed by atoms with E-state index < -0.39 is 18.4 Å². The van der Waals surface area contributed by atoms with Crippen LogP contribution in [0.5, 0.6) is 0 Å². The van der Waals surface area contributed by atoms with Crippen molar-refractivity contribution in [2.45, 2.75) is 66.2 Å². The zero-order valence-corrected chi connectivity index (χ0v) is 16.7. The number of hydrogen-bond acceptors (Lipinski definition) is 2. The minimum absolute atomic E-state index is 0. The van der Waals surface area contributed by atoms with Crippen LogP contribution in [0.3, 0.4) is 0 Å². The largest absolute Gasteiger partial charge is 1.00 e. The van der Waals surface area contributed by atoms with Gasteiger partial charge in [0.25, 0.3) is 0 Å². The standard InChI is InChI=1S/C12H25.C3H4O4.Li.Na.H/c1-6-7-8-9-10-11(2)12(3,4)5;4-2(5)1-3(6)7;;;/h11H,2,6-10H2,1,3-5H3;1H2,(H,4,5)(H,6,7);;;/q-1;;2*+1;-1. The van der Waals surface area contributed by atoms with Crippen LogP contribution in [0.15, 0.2) is 0 Å². The first kappa shape index (κ1) is 29.5. The number of unbranched alkanes of at least 4 members (excludes halogenated alkanes) is 3. The Balaban J connectivity index is -0.0000000850. The molecule has 116 valence electrons. The van der Waals surface area contributed by atoms with Crippen LogP contribution >= 0.6 is 0 Å². The van der Waals surface area contributed by atoms with Gasteiger partial charge < -0.3 is 18.6 Å². The Morgan fingerprint density at radius 2 is 1.52 bits per heavy atom. The van der Waals surface area contributed by atoms with Crippen molar-refractivity contribution in [3.05, 3.63) is 6.92 Å². The fraction of sp³-hybridized carbons (Fsp3) is 0.800. The van der Waals surface area contributed by atoms with Gasteiger partial charge in [0.1, 0.15) is 6.42 Å². The monoisotopic (exact) mass is 304 g/mol. The van der Waals surface area contributed by atoms with Gasteiger partial charge in [-0.3, -0.25) is 9.59 Å². The van der Waals surface area contributed by atoms with Crippen molar-refractivity contribution in [1.29, 1.82) is 0 Å². The molecule has 0 aromatic rings. The maximum absolute atomic E-state index is 9.43. The molecule has 1 unspecified atom stereocenters. The number of rotatable bonds is 7. The van der Waals surface area contributed by atoms with Gasteiger partial charge in [0.15, 0.2) is 0 Å². The second-order valence-electron chi connectivity index (χ2n) is 5.88. The number of aliphatic carboxylic acids is 2. The van der Waals surface area contributed by atoms with Crippen LogP contribution in [-0.2, 0) is 9.59 Å². The summed E-state index contributed by atoms with van der Waals surface area (Å²) in [5.74, 6) is -2.01. The van der Waals surface area contributed by atoms with Crippen molar-refractivity contribution in [3.8, 4) is 0 Å². The normalized spacial score (nSPS) is 11.1. The van der Waals surface area contributed by atoms with E-state index in [0.717, 1.165) is 0 Å². The molecule has 0 aliphatic heterocycles. The van der Waals surface area contributed by atoms with Crippen molar-refractivity contribution in [1.82, 2.24) is 0 Å². The zero-order chi connectivity index (χ0) is 15.5. The SMILES string of the molecule is O=C(O)CC(=O)O.[CH2-]C(CCCCCC)C(C)(C)C.[H-].[Li+].[Na+]. The number of carboxylic acids is 2. The summed E-state index contributed by atoms with van der Waals surface area (Å²) in [5, 5.41) is 15.4. The van der Waals surface area contributed by atoms with Gasteiger partial charge in [0, 0.05) is 0 Å². The number of hydrogen-bond donors (Lipinski definition) is 2. The zero-order valence-electron chi connectivity index (χ0n) is 15.7. The van der Waals surface area contributed by atoms with E-state index in [1.54, 1.807) is 0 Å². The Morgan fingerprint density at radius 1 is 1.10 bits per heavy atom. The molecule has 0 spiro atoms. The number of carbonyl (C=O) groups is 2. The molecule has 0 aliphatic carbocycles. The van der Waals surface area contributed by atoms with E-state index in [-0.39, 0.29) is 49.8 Å². The molecule has 0 aliphatic rings. The minimum Gasteiger partial charge on any atom is -1.00 e. The molecule has 0 aromatic heterocycles. The molecule has 4 nitrogen and oxygen atoms in total. The molecular formula is C15H30LiNaO4. The average Bonchev–Trinajstić information content (AvgIpc) is 2.21. The fourth-order valence-electron chi connectivity index (χ4n) is 1.38. The molecule has 0 amide bonds. The van der Waals surface area contributed by atoms with Crippen molar-refractivity contribution >= 4 is 11.9 Å². The summed E-state index contributed by atoms with van der Waals surface area (Å²) in [6.45, 7) is 13.3. The van der Waals surface area contributed by atoms with Gasteiger partial charge in [-0.25, -0.2) is 0 Å². The third-order valence-electron chi connectivity index (χ3n) is 2.93. The Kier molecular flexibility index (Phi) is 23.8. The van der Waals surface area contributed by atoms with Gasteiger partial charge >= 0.3 is 60.4 Å². The van der Waals surface area contributed by atoms with Crippen LogP contribution in [-0.4, -0.2) is 22.2 Å². The third-order valence-corrected chi connectivity index (χ3v) is 2.93. The van der Waals surface area contributed by atoms with Crippen LogP contribution in [0, 0.1) is 18.3 Å². The van der Waals surface area contributed by atoms with Gasteiger partial charge in [0.05, 0.1) is 0 Å². The minimum atomic E-state index is -1.31. The predicted octanol–water partition coefficient (Wildman–Crippen LogP) is -1.88. The Labute approximate surface area is 165 Å². The summed E-state index contributed by atoms with van der Waals surface area (Å²) < 4.78 is 0. The van der Waals surface area contributed by atoms with Crippen LogP contribution in [0.25, 0.3) is 0 Å². The second-order valence-corrected chi connectivity index (χ2v) is 5.88. The molecule has 0 radical (unpaired) electrons. The molecule has 0 bridgehead atoms. The van der Waals surface area contributed by atoms with Gasteiger partial charge in [-0.2, -0.15) is 5.92 Å². The van der Waals surface area contributed by atoms with Crippen LogP contribution in [0.4, 0.5) is 0 Å². The number of carboxylic acid groups (broad SMARTS) is 2. The summed E-state index contributed by atoms with van der Waals surface area (Å²) in [6.07, 6.45) is 5.95. The molecule has 0 fully saturated rings. The molecular weight excluding hydrogens is 274 g/mol. The van der Waals surface area contributed by atoms with E-state index in [9.17, 15) is 9.59 Å². The summed E-state index contributed by atoms with van der Waals surface area (Å²) in [5.41, 5.74) is 0.395. The maximum Gasteiger partial charge on any atom is 1.00 e. The van der Waals surface area contributed by atoms with Crippen molar-refractivity contribution < 1.29 is 69.6 Å². The molecule has 6 heteroatoms. The molecule has 0 saturated heterocycles. The van der Waals surface area contributed by atoms with Crippen LogP contribution in [0.2, 0.25) is 0 Å². The van der Waals surface area contributed by atoms with E-state index in [2.05, 4.69) is 34.6 Å². The third kappa shape index (κ3) is 25.8. The van der Waals surface area contributed by atoms with Crippen LogP contribution in [0.1, 0.15) is 67.6 Å². The Morgan fingerprint density at radius 3 is 1.76 bits per heavy atom. The first-order chi connectivity index (χ1) is 8.61. The van der Waals surface area contributed by atoms with Crippen molar-refractivity contribution in [2.24, 2.45) is 11.3 Å². The molecule has 0 saturated carbocycles. The first-order valence-corrected chi connectivity index (χ1v) is 6.87. The van der Waals surface area contributed by atoms with E-state index >= 15 is 0 Å². The van der Waals surface area contributed by atoms with E-state index in [1.165, 1.54) is 32.1 Å². The maximum atomic E-state index is 9.43. The van der Waals surface area contributed by atoms with Crippen molar-refractivity contribution in [3.63, 3.8) is 0 Å². The predicted molar refractivity (Wildman–Crippen MR) is 78.1 cm³/mol. The summed E-state index contributed by atoms with van der Waals surface area (Å²) >= 11 is 0. The van der Waals surface area contributed by atoms with Crippen LogP contribution < -0.4 is 48.4 Å². The molecule has 0 rings (SSSR count). The topological polar surface area (TPSA) is 74.6 Å². The van der Waals surface area contributed by atoms with Gasteiger partial charge in [-0.15, -0.1) is 0 Å². The molecule has 0 aromatic carbocycles. The van der Waals surface area contributed by atoms with Gasteiger partial charge in [0.2, 0.25) is 0 Å². The second kappa shape index (κ2) is 16.9. The molecule has 21 heavy (non-hydrogen) atoms. The van der Waals surface area contributed by atoms with E-state index in [4.69, 9.17) is 10.2 Å². The van der Waals surface area contributed by atoms with Gasteiger partial charge in [-0.1, -0.05) is 65.2 Å². The van der Waals surface area contributed by atoms with E-state index in [0.29, 0.717) is 11.3 Å². The summed E-state index contributed by atoms with van der Waals surface area (Å²) in [6, 6.07) is 0. The Bertz CT molecular complexity index is 259. The van der Waals surface area contributed by atoms with Gasteiger partial charge in [-0.05, 0) is 0 Å². The summed E-state index contributed by atoms with van der Waals surface area (Å²) in [4.78, 5) is 18.9. The first-order valence-electron chi connectivity index (χ1n) is 6.87.